The highest BCUT2D eigenvalue weighted by atomic mass is 19.3. The van der Waals surface area contributed by atoms with Crippen molar-refractivity contribution >= 4 is 17.6 Å². The van der Waals surface area contributed by atoms with Gasteiger partial charge in [0.05, 0.1) is 12.6 Å². The van der Waals surface area contributed by atoms with E-state index in [0.717, 1.165) is 5.56 Å². The highest BCUT2D eigenvalue weighted by Gasteiger charge is 2.10. The predicted molar refractivity (Wildman–Crippen MR) is 112 cm³/mol. The van der Waals surface area contributed by atoms with Gasteiger partial charge in [-0.2, -0.15) is 8.78 Å². The summed E-state index contributed by atoms with van der Waals surface area (Å²) < 4.78 is 28.7. The van der Waals surface area contributed by atoms with Gasteiger partial charge >= 0.3 is 6.61 Å². The van der Waals surface area contributed by atoms with Gasteiger partial charge in [-0.25, -0.2) is 4.99 Å². The Morgan fingerprint density at radius 1 is 1.17 bits per heavy atom. The summed E-state index contributed by atoms with van der Waals surface area (Å²) in [6.45, 7) is 1.66. The lowest BCUT2D eigenvalue weighted by Gasteiger charge is -2.16. The number of carbonyl (C=O) groups excluding carboxylic acids is 1. The van der Waals surface area contributed by atoms with E-state index >= 15 is 0 Å². The number of hydrogen-bond acceptors (Lipinski definition) is 4. The second kappa shape index (κ2) is 11.7. The molecule has 0 spiro atoms. The molecule has 2 aromatic rings. The van der Waals surface area contributed by atoms with Crippen molar-refractivity contribution in [2.75, 3.05) is 18.4 Å². The number of hydrogen-bond donors (Lipinski definition) is 4. The average Bonchev–Trinajstić information content (AvgIpc) is 2.70. The van der Waals surface area contributed by atoms with Gasteiger partial charge in [0.15, 0.2) is 5.96 Å². The molecular formula is C21H26F2N4O3. The molecule has 0 bridgehead atoms. The monoisotopic (exact) mass is 420 g/mol. The number of ether oxygens (including phenoxy) is 1. The quantitative estimate of drug-likeness (QED) is 0.370. The fraction of sp³-hybridized carbons (Fsp3) is 0.333. The van der Waals surface area contributed by atoms with Gasteiger partial charge in [-0.15, -0.1) is 0 Å². The van der Waals surface area contributed by atoms with Crippen molar-refractivity contribution < 1.29 is 23.4 Å². The van der Waals surface area contributed by atoms with Crippen LogP contribution >= 0.6 is 0 Å². The number of benzene rings is 2. The number of carbonyl (C=O) groups is 1. The Kier molecular flexibility index (Phi) is 9.02. The SMILES string of the molecule is CCNC(=NCc1cccc(NC(C)=O)c1)NCC(O)c1ccc(OC(F)F)cc1. The number of aliphatic hydroxyl groups excluding tert-OH is 1. The molecule has 0 aromatic heterocycles. The minimum absolute atomic E-state index is 0.0327. The Labute approximate surface area is 174 Å². The second-order valence-electron chi connectivity index (χ2n) is 6.42. The van der Waals surface area contributed by atoms with Crippen molar-refractivity contribution in [3.8, 4) is 5.75 Å². The maximum absolute atomic E-state index is 12.2. The van der Waals surface area contributed by atoms with E-state index in [4.69, 9.17) is 0 Å². The average molecular weight is 420 g/mol. The minimum Gasteiger partial charge on any atom is -0.435 e. The van der Waals surface area contributed by atoms with Crippen LogP contribution in [0, 0.1) is 0 Å². The van der Waals surface area contributed by atoms with Crippen LogP contribution in [-0.2, 0) is 11.3 Å². The summed E-state index contributed by atoms with van der Waals surface area (Å²) in [5.41, 5.74) is 2.17. The number of nitrogens with one attached hydrogen (secondary N) is 3. The zero-order valence-electron chi connectivity index (χ0n) is 16.9. The molecule has 9 heteroatoms. The molecule has 2 aromatic carbocycles. The van der Waals surface area contributed by atoms with Crippen LogP contribution in [-0.4, -0.2) is 36.7 Å². The standard InChI is InChI=1S/C21H26F2N4O3/c1-3-24-21(25-12-15-5-4-6-17(11-15)27-14(2)28)26-13-19(29)16-7-9-18(10-8-16)30-20(22)23/h4-11,19-20,29H,3,12-13H2,1-2H3,(H,27,28)(H2,24,25,26). The Morgan fingerprint density at radius 3 is 2.53 bits per heavy atom. The van der Waals surface area contributed by atoms with E-state index in [1.165, 1.54) is 31.2 Å². The molecule has 0 saturated carbocycles. The number of guanidine groups is 1. The summed E-state index contributed by atoms with van der Waals surface area (Å²) in [5.74, 6) is 0.401. The van der Waals surface area contributed by atoms with E-state index in [1.807, 2.05) is 25.1 Å². The van der Waals surface area contributed by atoms with E-state index in [0.29, 0.717) is 30.3 Å². The van der Waals surface area contributed by atoms with Gasteiger partial charge in [0.25, 0.3) is 0 Å². The number of amides is 1. The zero-order valence-corrected chi connectivity index (χ0v) is 16.9. The lowest BCUT2D eigenvalue weighted by atomic mass is 10.1. The molecule has 0 fully saturated rings. The van der Waals surface area contributed by atoms with Gasteiger partial charge in [0.2, 0.25) is 5.91 Å². The van der Waals surface area contributed by atoms with Gasteiger partial charge < -0.3 is 25.8 Å². The summed E-state index contributed by atoms with van der Waals surface area (Å²) >= 11 is 0. The first-order chi connectivity index (χ1) is 14.4. The first-order valence-corrected chi connectivity index (χ1v) is 9.49. The summed E-state index contributed by atoms with van der Waals surface area (Å²) in [7, 11) is 0. The molecular weight excluding hydrogens is 394 g/mol. The molecule has 1 amide bonds. The van der Waals surface area contributed by atoms with Crippen LogP contribution < -0.4 is 20.7 Å². The lowest BCUT2D eigenvalue weighted by Crippen LogP contribution is -2.39. The number of rotatable bonds is 9. The molecule has 0 saturated heterocycles. The molecule has 162 valence electrons. The van der Waals surface area contributed by atoms with Crippen LogP contribution in [0.2, 0.25) is 0 Å². The maximum Gasteiger partial charge on any atom is 0.387 e. The third-order valence-electron chi connectivity index (χ3n) is 3.96. The van der Waals surface area contributed by atoms with Crippen molar-refractivity contribution in [2.24, 2.45) is 4.99 Å². The normalized spacial score (nSPS) is 12.4. The van der Waals surface area contributed by atoms with E-state index in [2.05, 4.69) is 25.7 Å². The van der Waals surface area contributed by atoms with E-state index in [1.54, 1.807) is 6.07 Å². The predicted octanol–water partition coefficient (Wildman–Crippen LogP) is 3.04. The molecule has 30 heavy (non-hydrogen) atoms. The van der Waals surface area contributed by atoms with Crippen molar-refractivity contribution in [1.82, 2.24) is 10.6 Å². The first-order valence-electron chi connectivity index (χ1n) is 9.49. The smallest absolute Gasteiger partial charge is 0.387 e. The van der Waals surface area contributed by atoms with Crippen LogP contribution in [0.3, 0.4) is 0 Å². The van der Waals surface area contributed by atoms with Crippen LogP contribution in [0.4, 0.5) is 14.5 Å². The van der Waals surface area contributed by atoms with Crippen LogP contribution in [0.15, 0.2) is 53.5 Å². The fourth-order valence-electron chi connectivity index (χ4n) is 2.65. The van der Waals surface area contributed by atoms with Crippen molar-refractivity contribution in [3.05, 3.63) is 59.7 Å². The molecule has 0 heterocycles. The number of aliphatic hydroxyl groups is 1. The molecule has 1 atom stereocenters. The molecule has 0 aliphatic heterocycles. The highest BCUT2D eigenvalue weighted by molar-refractivity contribution is 5.88. The largest absolute Gasteiger partial charge is 0.435 e. The molecule has 7 nitrogen and oxygen atoms in total. The molecule has 0 radical (unpaired) electrons. The van der Waals surface area contributed by atoms with Gasteiger partial charge in [-0.05, 0) is 42.3 Å². The lowest BCUT2D eigenvalue weighted by molar-refractivity contribution is -0.114. The van der Waals surface area contributed by atoms with E-state index < -0.39 is 12.7 Å². The number of alkyl halides is 2. The number of anilines is 1. The Morgan fingerprint density at radius 2 is 1.90 bits per heavy atom. The molecule has 0 aliphatic carbocycles. The number of aliphatic imine (C=N–C) groups is 1. The number of nitrogens with zero attached hydrogens (tertiary/aromatic N) is 1. The van der Waals surface area contributed by atoms with Crippen LogP contribution in [0.5, 0.6) is 5.75 Å². The topological polar surface area (TPSA) is 95.0 Å². The van der Waals surface area contributed by atoms with Crippen molar-refractivity contribution in [3.63, 3.8) is 0 Å². The van der Waals surface area contributed by atoms with Gasteiger partial charge in [-0.1, -0.05) is 24.3 Å². The third kappa shape index (κ3) is 8.04. The second-order valence-corrected chi connectivity index (χ2v) is 6.42. The summed E-state index contributed by atoms with van der Waals surface area (Å²) in [4.78, 5) is 15.7. The molecule has 2 rings (SSSR count). The van der Waals surface area contributed by atoms with Crippen LogP contribution in [0.1, 0.15) is 31.1 Å². The van der Waals surface area contributed by atoms with Crippen LogP contribution in [0.25, 0.3) is 0 Å². The molecule has 1 unspecified atom stereocenters. The summed E-state index contributed by atoms with van der Waals surface area (Å²) in [6.07, 6.45) is -0.863. The molecule has 4 N–H and O–H groups in total. The Balaban J connectivity index is 1.95. The fourth-order valence-corrected chi connectivity index (χ4v) is 2.65. The molecule has 0 aliphatic rings. The van der Waals surface area contributed by atoms with Gasteiger partial charge in [-0.3, -0.25) is 4.79 Å². The first kappa shape index (κ1) is 23.1. The van der Waals surface area contributed by atoms with E-state index in [-0.39, 0.29) is 18.2 Å². The third-order valence-corrected chi connectivity index (χ3v) is 3.96. The summed E-state index contributed by atoms with van der Waals surface area (Å²) in [6, 6.07) is 13.2. The Bertz CT molecular complexity index is 844. The maximum atomic E-state index is 12.2. The van der Waals surface area contributed by atoms with Gasteiger partial charge in [0, 0.05) is 25.7 Å². The summed E-state index contributed by atoms with van der Waals surface area (Å²) in [5, 5.41) is 19.2. The Hall–Kier alpha value is -3.20. The van der Waals surface area contributed by atoms with Gasteiger partial charge in [0.1, 0.15) is 5.75 Å². The van der Waals surface area contributed by atoms with Crippen molar-refractivity contribution in [1.29, 1.82) is 0 Å². The van der Waals surface area contributed by atoms with E-state index in [9.17, 15) is 18.7 Å². The van der Waals surface area contributed by atoms with Crippen molar-refractivity contribution in [2.45, 2.75) is 33.1 Å². The highest BCUT2D eigenvalue weighted by Crippen LogP contribution is 2.19. The minimum atomic E-state index is -2.89. The zero-order chi connectivity index (χ0) is 21.9. The number of halogens is 2.